The largest absolute Gasteiger partial charge is 0.409 e. The van der Waals surface area contributed by atoms with Crippen LogP contribution in [0.15, 0.2) is 5.16 Å². The van der Waals surface area contributed by atoms with Crippen LogP contribution in [-0.2, 0) is 0 Å². The second kappa shape index (κ2) is 8.35. The fourth-order valence-electron chi connectivity index (χ4n) is 1.97. The van der Waals surface area contributed by atoms with Gasteiger partial charge in [0.25, 0.3) is 0 Å². The summed E-state index contributed by atoms with van der Waals surface area (Å²) in [5.41, 5.74) is 5.37. The van der Waals surface area contributed by atoms with E-state index in [0.717, 1.165) is 25.9 Å². The maximum atomic E-state index is 8.34. The summed E-state index contributed by atoms with van der Waals surface area (Å²) in [6, 6.07) is 0. The van der Waals surface area contributed by atoms with E-state index in [9.17, 15) is 0 Å². The Morgan fingerprint density at radius 2 is 2.00 bits per heavy atom. The van der Waals surface area contributed by atoms with Crippen LogP contribution in [0.3, 0.4) is 0 Å². The highest BCUT2D eigenvalue weighted by molar-refractivity contribution is 5.79. The van der Waals surface area contributed by atoms with Crippen molar-refractivity contribution in [3.05, 3.63) is 0 Å². The summed E-state index contributed by atoms with van der Waals surface area (Å²) in [7, 11) is 0. The normalized spacial score (nSPS) is 18.1. The zero-order valence-corrected chi connectivity index (χ0v) is 9.99. The molecule has 0 atom stereocenters. The number of unbranched alkanes of at least 4 members (excludes halogenated alkanes) is 1. The van der Waals surface area contributed by atoms with Gasteiger partial charge in [-0.15, -0.1) is 0 Å². The number of amidine groups is 1. The molecule has 1 heterocycles. The summed E-state index contributed by atoms with van der Waals surface area (Å²) in [5.74, 6) is 0.331. The topological polar surface area (TPSA) is 73.9 Å². The molecule has 1 rings (SSSR count). The van der Waals surface area contributed by atoms with Gasteiger partial charge in [-0.25, -0.2) is 0 Å². The molecule has 0 aliphatic carbocycles. The predicted molar refractivity (Wildman–Crippen MR) is 65.8 cm³/mol. The Kier molecular flexibility index (Phi) is 6.92. The third-order valence-corrected chi connectivity index (χ3v) is 2.97. The molecule has 1 aliphatic heterocycles. The van der Waals surface area contributed by atoms with Crippen molar-refractivity contribution in [2.75, 3.05) is 32.7 Å². The highest BCUT2D eigenvalue weighted by Gasteiger charge is 2.09. The van der Waals surface area contributed by atoms with Crippen molar-refractivity contribution in [1.82, 2.24) is 10.2 Å². The summed E-state index contributed by atoms with van der Waals surface area (Å²) < 4.78 is 0. The van der Waals surface area contributed by atoms with Gasteiger partial charge < -0.3 is 21.2 Å². The highest BCUT2D eigenvalue weighted by atomic mass is 16.4. The number of likely N-dealkylation sites (tertiary alicyclic amines) is 1. The maximum absolute atomic E-state index is 8.34. The monoisotopic (exact) mass is 228 g/mol. The molecule has 4 N–H and O–H groups in total. The van der Waals surface area contributed by atoms with E-state index in [0.29, 0.717) is 12.3 Å². The molecular weight excluding hydrogens is 204 g/mol. The highest BCUT2D eigenvalue weighted by Crippen LogP contribution is 2.05. The molecule has 0 saturated carbocycles. The molecule has 1 aliphatic rings. The van der Waals surface area contributed by atoms with Gasteiger partial charge in [0, 0.05) is 19.5 Å². The van der Waals surface area contributed by atoms with Crippen molar-refractivity contribution in [3.8, 4) is 0 Å². The lowest BCUT2D eigenvalue weighted by Gasteiger charge is -2.14. The number of hydrogen-bond donors (Lipinski definition) is 3. The molecule has 0 radical (unpaired) electrons. The zero-order chi connectivity index (χ0) is 11.6. The molecule has 5 heteroatoms. The van der Waals surface area contributed by atoms with Gasteiger partial charge in [0.1, 0.15) is 5.84 Å². The summed E-state index contributed by atoms with van der Waals surface area (Å²) in [6.07, 6.45) is 5.46. The Bertz CT molecular complexity index is 202. The fourth-order valence-corrected chi connectivity index (χ4v) is 1.97. The van der Waals surface area contributed by atoms with E-state index in [1.165, 1.54) is 32.5 Å². The first-order valence-corrected chi connectivity index (χ1v) is 6.22. The number of rotatable bonds is 8. The quantitative estimate of drug-likeness (QED) is 0.187. The van der Waals surface area contributed by atoms with Crippen molar-refractivity contribution in [2.45, 2.75) is 32.1 Å². The molecule has 0 spiro atoms. The molecule has 1 fully saturated rings. The van der Waals surface area contributed by atoms with Crippen LogP contribution in [0.5, 0.6) is 0 Å². The molecule has 16 heavy (non-hydrogen) atoms. The van der Waals surface area contributed by atoms with Gasteiger partial charge in [-0.3, -0.25) is 0 Å². The van der Waals surface area contributed by atoms with Gasteiger partial charge in [-0.2, -0.15) is 0 Å². The average molecular weight is 228 g/mol. The molecule has 5 nitrogen and oxygen atoms in total. The lowest BCUT2D eigenvalue weighted by atomic mass is 10.2. The van der Waals surface area contributed by atoms with Gasteiger partial charge in [0.15, 0.2) is 0 Å². The summed E-state index contributed by atoms with van der Waals surface area (Å²) in [6.45, 7) is 5.80. The Labute approximate surface area is 97.7 Å². The van der Waals surface area contributed by atoms with Gasteiger partial charge >= 0.3 is 0 Å². The first-order chi connectivity index (χ1) is 7.83. The molecule has 94 valence electrons. The first kappa shape index (κ1) is 13.3. The van der Waals surface area contributed by atoms with Crippen molar-refractivity contribution in [3.63, 3.8) is 0 Å². The molecular formula is C11H24N4O. The minimum Gasteiger partial charge on any atom is -0.409 e. The van der Waals surface area contributed by atoms with E-state index in [4.69, 9.17) is 10.9 Å². The minimum atomic E-state index is 0.331. The molecule has 0 aromatic heterocycles. The smallest absolute Gasteiger partial charge is 0.139 e. The maximum Gasteiger partial charge on any atom is 0.139 e. The SMILES string of the molecule is NC(CCCCNCCN1CCCC1)=NO. The van der Waals surface area contributed by atoms with E-state index < -0.39 is 0 Å². The zero-order valence-electron chi connectivity index (χ0n) is 9.99. The summed E-state index contributed by atoms with van der Waals surface area (Å²) >= 11 is 0. The van der Waals surface area contributed by atoms with Crippen LogP contribution < -0.4 is 11.1 Å². The average Bonchev–Trinajstić information content (AvgIpc) is 2.80. The van der Waals surface area contributed by atoms with Gasteiger partial charge in [-0.1, -0.05) is 5.16 Å². The lowest BCUT2D eigenvalue weighted by Crippen LogP contribution is -2.30. The van der Waals surface area contributed by atoms with Gasteiger partial charge in [0.05, 0.1) is 0 Å². The third kappa shape index (κ3) is 5.92. The Morgan fingerprint density at radius 3 is 2.69 bits per heavy atom. The molecule has 0 amide bonds. The second-order valence-corrected chi connectivity index (χ2v) is 4.35. The van der Waals surface area contributed by atoms with E-state index >= 15 is 0 Å². The van der Waals surface area contributed by atoms with E-state index in [1.54, 1.807) is 0 Å². The molecule has 0 aromatic rings. The third-order valence-electron chi connectivity index (χ3n) is 2.97. The van der Waals surface area contributed by atoms with E-state index in [-0.39, 0.29) is 0 Å². The van der Waals surface area contributed by atoms with Crippen LogP contribution >= 0.6 is 0 Å². The molecule has 1 saturated heterocycles. The van der Waals surface area contributed by atoms with Crippen molar-refractivity contribution < 1.29 is 5.21 Å². The fraction of sp³-hybridized carbons (Fsp3) is 0.909. The molecule has 0 unspecified atom stereocenters. The number of nitrogens with two attached hydrogens (primary N) is 1. The molecule has 0 aromatic carbocycles. The van der Waals surface area contributed by atoms with E-state index in [1.807, 2.05) is 0 Å². The first-order valence-electron chi connectivity index (χ1n) is 6.22. The standard InChI is InChI=1S/C11H24N4O/c12-11(14-16)5-1-2-6-13-7-10-15-8-3-4-9-15/h13,16H,1-10H2,(H2,12,14). The van der Waals surface area contributed by atoms with Crippen LogP contribution in [0, 0.1) is 0 Å². The summed E-state index contributed by atoms with van der Waals surface area (Å²) in [5, 5.41) is 14.7. The Hall–Kier alpha value is -0.810. The number of hydrogen-bond acceptors (Lipinski definition) is 4. The predicted octanol–water partition coefficient (Wildman–Crippen LogP) is 0.589. The Morgan fingerprint density at radius 1 is 1.25 bits per heavy atom. The van der Waals surface area contributed by atoms with Crippen LogP contribution in [0.4, 0.5) is 0 Å². The number of nitrogens with zero attached hydrogens (tertiary/aromatic N) is 2. The van der Waals surface area contributed by atoms with Crippen LogP contribution in [-0.4, -0.2) is 48.7 Å². The second-order valence-electron chi connectivity index (χ2n) is 4.35. The van der Waals surface area contributed by atoms with Crippen molar-refractivity contribution in [1.29, 1.82) is 0 Å². The summed E-state index contributed by atoms with van der Waals surface area (Å²) in [4.78, 5) is 2.50. The van der Waals surface area contributed by atoms with E-state index in [2.05, 4.69) is 15.4 Å². The van der Waals surface area contributed by atoms with Gasteiger partial charge in [-0.05, 0) is 45.3 Å². The lowest BCUT2D eigenvalue weighted by molar-refractivity contribution is 0.316. The van der Waals surface area contributed by atoms with Crippen LogP contribution in [0.1, 0.15) is 32.1 Å². The Balaban J connectivity index is 1.81. The van der Waals surface area contributed by atoms with Crippen LogP contribution in [0.25, 0.3) is 0 Å². The van der Waals surface area contributed by atoms with Crippen molar-refractivity contribution in [2.24, 2.45) is 10.9 Å². The van der Waals surface area contributed by atoms with Crippen LogP contribution in [0.2, 0.25) is 0 Å². The molecule has 0 bridgehead atoms. The number of oxime groups is 1. The number of nitrogens with one attached hydrogen (secondary N) is 1. The van der Waals surface area contributed by atoms with Crippen molar-refractivity contribution >= 4 is 5.84 Å². The van der Waals surface area contributed by atoms with Gasteiger partial charge in [0.2, 0.25) is 0 Å². The minimum absolute atomic E-state index is 0.331.